The Morgan fingerprint density at radius 3 is 2.75 bits per heavy atom. The number of hydrogen-bond acceptors (Lipinski definition) is 4. The van der Waals surface area contributed by atoms with E-state index in [4.69, 9.17) is 4.74 Å². The Labute approximate surface area is 129 Å². The molecule has 0 aromatic heterocycles. The minimum absolute atomic E-state index is 0.187. The molecule has 1 fully saturated rings. The van der Waals surface area contributed by atoms with Gasteiger partial charge in [0.05, 0.1) is 18.0 Å². The highest BCUT2D eigenvalue weighted by molar-refractivity contribution is 9.10. The van der Waals surface area contributed by atoms with Gasteiger partial charge in [-0.05, 0) is 47.3 Å². The first-order valence-corrected chi connectivity index (χ1v) is 9.44. The Hall–Kier alpha value is -0.750. The lowest BCUT2D eigenvalue weighted by Crippen LogP contribution is -2.34. The van der Waals surface area contributed by atoms with Crippen molar-refractivity contribution in [1.82, 2.24) is 0 Å². The second-order valence-electron chi connectivity index (χ2n) is 5.31. The average molecular weight is 362 g/mol. The second kappa shape index (κ2) is 6.35. The summed E-state index contributed by atoms with van der Waals surface area (Å²) >= 11 is 3.50. The molecule has 1 aliphatic carbocycles. The molecule has 0 aliphatic heterocycles. The van der Waals surface area contributed by atoms with E-state index in [1.165, 1.54) is 6.26 Å². The van der Waals surface area contributed by atoms with Crippen LogP contribution in [0.25, 0.3) is 0 Å². The van der Waals surface area contributed by atoms with Crippen molar-refractivity contribution in [2.75, 3.05) is 18.7 Å². The zero-order chi connectivity index (χ0) is 14.8. The van der Waals surface area contributed by atoms with Crippen LogP contribution in [0.15, 0.2) is 22.7 Å². The fourth-order valence-corrected chi connectivity index (χ4v) is 4.16. The first-order chi connectivity index (χ1) is 9.40. The quantitative estimate of drug-likeness (QED) is 0.894. The molecule has 0 saturated heterocycles. The van der Waals surface area contributed by atoms with Gasteiger partial charge in [-0.15, -0.1) is 0 Å². The third-order valence-corrected chi connectivity index (χ3v) is 6.10. The van der Waals surface area contributed by atoms with Gasteiger partial charge in [-0.2, -0.15) is 0 Å². The Morgan fingerprint density at radius 1 is 1.35 bits per heavy atom. The highest BCUT2D eigenvalue weighted by Gasteiger charge is 2.29. The smallest absolute Gasteiger partial charge is 0.150 e. The normalized spacial score (nSPS) is 23.4. The summed E-state index contributed by atoms with van der Waals surface area (Å²) in [6.07, 6.45) is 4.72. The Kier molecular flexibility index (Phi) is 4.96. The van der Waals surface area contributed by atoms with Gasteiger partial charge in [0.15, 0.2) is 0 Å². The van der Waals surface area contributed by atoms with E-state index in [1.807, 2.05) is 18.2 Å². The van der Waals surface area contributed by atoms with Crippen LogP contribution in [0.3, 0.4) is 0 Å². The van der Waals surface area contributed by atoms with E-state index in [2.05, 4.69) is 21.2 Å². The predicted molar refractivity (Wildman–Crippen MR) is 85.2 cm³/mol. The SMILES string of the molecule is COc1ccc(Br)c(NC2CCCC(S(C)(=O)=O)C2)c1. The number of benzene rings is 1. The van der Waals surface area contributed by atoms with E-state index in [0.29, 0.717) is 6.42 Å². The van der Waals surface area contributed by atoms with Crippen LogP contribution >= 0.6 is 15.9 Å². The second-order valence-corrected chi connectivity index (χ2v) is 8.49. The number of rotatable bonds is 4. The van der Waals surface area contributed by atoms with Gasteiger partial charge in [0.2, 0.25) is 0 Å². The molecule has 2 rings (SSSR count). The van der Waals surface area contributed by atoms with E-state index in [1.54, 1.807) is 7.11 Å². The van der Waals surface area contributed by atoms with Crippen LogP contribution in [0, 0.1) is 0 Å². The minimum Gasteiger partial charge on any atom is -0.497 e. The molecule has 0 amide bonds. The standard InChI is InChI=1S/C14H20BrNO3S/c1-19-11-6-7-13(15)14(9-11)16-10-4-3-5-12(8-10)20(2,17)18/h6-7,9-10,12,16H,3-5,8H2,1-2H3. The molecule has 0 bridgehead atoms. The fraction of sp³-hybridized carbons (Fsp3) is 0.571. The molecule has 2 unspecified atom stereocenters. The maximum Gasteiger partial charge on any atom is 0.150 e. The maximum absolute atomic E-state index is 11.7. The molecule has 1 N–H and O–H groups in total. The number of anilines is 1. The summed E-state index contributed by atoms with van der Waals surface area (Å²) in [6, 6.07) is 5.92. The van der Waals surface area contributed by atoms with E-state index in [0.717, 1.165) is 35.2 Å². The molecule has 20 heavy (non-hydrogen) atoms. The topological polar surface area (TPSA) is 55.4 Å². The third-order valence-electron chi connectivity index (χ3n) is 3.76. The van der Waals surface area contributed by atoms with Crippen molar-refractivity contribution >= 4 is 31.5 Å². The molecule has 0 radical (unpaired) electrons. The predicted octanol–water partition coefficient (Wildman–Crippen LogP) is 3.23. The molecular formula is C14H20BrNO3S. The van der Waals surface area contributed by atoms with E-state index >= 15 is 0 Å². The number of sulfone groups is 1. The first-order valence-electron chi connectivity index (χ1n) is 6.69. The minimum atomic E-state index is -2.95. The Bertz CT molecular complexity index is 574. The lowest BCUT2D eigenvalue weighted by molar-refractivity contribution is 0.414. The van der Waals surface area contributed by atoms with Crippen molar-refractivity contribution < 1.29 is 13.2 Å². The summed E-state index contributed by atoms with van der Waals surface area (Å²) < 4.78 is 29.6. The summed E-state index contributed by atoms with van der Waals surface area (Å²) in [4.78, 5) is 0. The maximum atomic E-state index is 11.7. The van der Waals surface area contributed by atoms with Crippen LogP contribution < -0.4 is 10.1 Å². The molecule has 0 spiro atoms. The molecule has 1 aromatic rings. The van der Waals surface area contributed by atoms with Gasteiger partial charge >= 0.3 is 0 Å². The van der Waals surface area contributed by atoms with Gasteiger partial charge in [0, 0.05) is 22.8 Å². The van der Waals surface area contributed by atoms with Gasteiger partial charge in [0.25, 0.3) is 0 Å². The van der Waals surface area contributed by atoms with E-state index in [9.17, 15) is 8.42 Å². The Balaban J connectivity index is 2.10. The molecule has 6 heteroatoms. The largest absolute Gasteiger partial charge is 0.497 e. The zero-order valence-corrected chi connectivity index (χ0v) is 14.1. The van der Waals surface area contributed by atoms with E-state index < -0.39 is 9.84 Å². The zero-order valence-electron chi connectivity index (χ0n) is 11.7. The van der Waals surface area contributed by atoms with Crippen molar-refractivity contribution in [2.45, 2.75) is 37.0 Å². The molecule has 1 saturated carbocycles. The molecule has 112 valence electrons. The van der Waals surface area contributed by atoms with Gasteiger partial charge in [0.1, 0.15) is 15.6 Å². The van der Waals surface area contributed by atoms with Gasteiger partial charge in [-0.25, -0.2) is 8.42 Å². The summed E-state index contributed by atoms with van der Waals surface area (Å²) in [6.45, 7) is 0. The van der Waals surface area contributed by atoms with Gasteiger partial charge < -0.3 is 10.1 Å². The van der Waals surface area contributed by atoms with Crippen molar-refractivity contribution in [1.29, 1.82) is 0 Å². The van der Waals surface area contributed by atoms with Crippen molar-refractivity contribution in [2.24, 2.45) is 0 Å². The first kappa shape index (κ1) is 15.6. The molecule has 2 atom stereocenters. The van der Waals surface area contributed by atoms with Crippen LogP contribution in [0.4, 0.5) is 5.69 Å². The summed E-state index contributed by atoms with van der Waals surface area (Å²) in [5.74, 6) is 0.783. The van der Waals surface area contributed by atoms with Crippen molar-refractivity contribution in [3.63, 3.8) is 0 Å². The number of hydrogen-bond donors (Lipinski definition) is 1. The highest BCUT2D eigenvalue weighted by atomic mass is 79.9. The molecule has 1 aromatic carbocycles. The molecule has 4 nitrogen and oxygen atoms in total. The lowest BCUT2D eigenvalue weighted by Gasteiger charge is -2.29. The molecule has 0 heterocycles. The monoisotopic (exact) mass is 361 g/mol. The van der Waals surface area contributed by atoms with Gasteiger partial charge in [-0.3, -0.25) is 0 Å². The van der Waals surface area contributed by atoms with Crippen LogP contribution in [0.5, 0.6) is 5.75 Å². The summed E-state index contributed by atoms with van der Waals surface area (Å²) in [5, 5.41) is 3.21. The van der Waals surface area contributed by atoms with Gasteiger partial charge in [-0.1, -0.05) is 6.42 Å². The average Bonchev–Trinajstić information content (AvgIpc) is 2.41. The highest BCUT2D eigenvalue weighted by Crippen LogP contribution is 2.31. The molecular weight excluding hydrogens is 342 g/mol. The number of nitrogens with one attached hydrogen (secondary N) is 1. The van der Waals surface area contributed by atoms with Crippen LogP contribution in [-0.2, 0) is 9.84 Å². The third kappa shape index (κ3) is 3.88. The van der Waals surface area contributed by atoms with Crippen molar-refractivity contribution in [3.05, 3.63) is 22.7 Å². The molecule has 1 aliphatic rings. The van der Waals surface area contributed by atoms with Crippen LogP contribution in [0.1, 0.15) is 25.7 Å². The number of halogens is 1. The van der Waals surface area contributed by atoms with Crippen LogP contribution in [-0.4, -0.2) is 33.1 Å². The van der Waals surface area contributed by atoms with Crippen molar-refractivity contribution in [3.8, 4) is 5.75 Å². The fourth-order valence-electron chi connectivity index (χ4n) is 2.63. The Morgan fingerprint density at radius 2 is 2.10 bits per heavy atom. The number of methoxy groups -OCH3 is 1. The lowest BCUT2D eigenvalue weighted by atomic mass is 9.95. The summed E-state index contributed by atoms with van der Waals surface area (Å²) in [5.41, 5.74) is 0.948. The van der Waals surface area contributed by atoms with E-state index in [-0.39, 0.29) is 11.3 Å². The summed E-state index contributed by atoms with van der Waals surface area (Å²) in [7, 11) is -1.32. The number of ether oxygens (including phenoxy) is 1. The van der Waals surface area contributed by atoms with Crippen LogP contribution in [0.2, 0.25) is 0 Å².